The molecule has 110 valence electrons. The van der Waals surface area contributed by atoms with E-state index in [1.165, 1.54) is 11.3 Å². The molecular formula is C13H18N2O4S. The Labute approximate surface area is 121 Å². The molecule has 0 spiro atoms. The van der Waals surface area contributed by atoms with Crippen molar-refractivity contribution < 1.29 is 19.4 Å². The third-order valence-electron chi connectivity index (χ3n) is 3.33. The number of rotatable bonds is 5. The van der Waals surface area contributed by atoms with Crippen molar-refractivity contribution in [2.75, 3.05) is 19.8 Å². The summed E-state index contributed by atoms with van der Waals surface area (Å²) >= 11 is 1.41. The van der Waals surface area contributed by atoms with Crippen LogP contribution in [0.1, 0.15) is 28.8 Å². The average molecular weight is 298 g/mol. The van der Waals surface area contributed by atoms with Crippen LogP contribution in [-0.2, 0) is 9.53 Å². The topological polar surface area (TPSA) is 79.7 Å². The Morgan fingerprint density at radius 3 is 2.85 bits per heavy atom. The van der Waals surface area contributed by atoms with Crippen LogP contribution in [0.5, 0.6) is 0 Å². The summed E-state index contributed by atoms with van der Waals surface area (Å²) in [4.78, 5) is 29.6. The smallest absolute Gasteiger partial charge is 0.311 e. The fourth-order valence-corrected chi connectivity index (χ4v) is 2.94. The molecule has 0 radical (unpaired) electrons. The minimum Gasteiger partial charge on any atom is -0.481 e. The van der Waals surface area contributed by atoms with Gasteiger partial charge in [0.05, 0.1) is 24.3 Å². The monoisotopic (exact) mass is 298 g/mol. The second-order valence-corrected chi connectivity index (χ2v) is 5.86. The Hall–Kier alpha value is -1.47. The quantitative estimate of drug-likeness (QED) is 0.889. The van der Waals surface area contributed by atoms with Gasteiger partial charge in [-0.3, -0.25) is 9.59 Å². The van der Waals surface area contributed by atoms with Crippen molar-refractivity contribution in [2.24, 2.45) is 5.92 Å². The predicted molar refractivity (Wildman–Crippen MR) is 73.9 cm³/mol. The number of ether oxygens (including phenoxy) is 1. The second kappa shape index (κ2) is 6.32. The Morgan fingerprint density at radius 2 is 2.30 bits per heavy atom. The van der Waals surface area contributed by atoms with Crippen molar-refractivity contribution in [3.05, 3.63) is 16.1 Å². The summed E-state index contributed by atoms with van der Waals surface area (Å²) in [6.45, 7) is 4.73. The maximum Gasteiger partial charge on any atom is 0.311 e. The molecule has 0 aliphatic carbocycles. The molecule has 2 unspecified atom stereocenters. The van der Waals surface area contributed by atoms with Gasteiger partial charge in [0.25, 0.3) is 5.91 Å². The minimum atomic E-state index is -0.920. The van der Waals surface area contributed by atoms with Crippen molar-refractivity contribution in [3.8, 4) is 0 Å². The van der Waals surface area contributed by atoms with Gasteiger partial charge in [-0.1, -0.05) is 6.92 Å². The highest BCUT2D eigenvalue weighted by atomic mass is 32.1. The molecule has 1 aliphatic rings. The van der Waals surface area contributed by atoms with Gasteiger partial charge in [-0.2, -0.15) is 0 Å². The van der Waals surface area contributed by atoms with Crippen LogP contribution in [0, 0.1) is 12.8 Å². The number of carbonyl (C=O) groups excluding carboxylic acids is 1. The highest BCUT2D eigenvalue weighted by Crippen LogP contribution is 2.23. The van der Waals surface area contributed by atoms with Crippen molar-refractivity contribution in [2.45, 2.75) is 26.3 Å². The van der Waals surface area contributed by atoms with Crippen molar-refractivity contribution >= 4 is 23.2 Å². The average Bonchev–Trinajstić information content (AvgIpc) is 3.03. The van der Waals surface area contributed by atoms with Gasteiger partial charge >= 0.3 is 5.97 Å². The molecule has 2 atom stereocenters. The molecule has 7 heteroatoms. The first kappa shape index (κ1) is 14.9. The Balaban J connectivity index is 2.22. The summed E-state index contributed by atoms with van der Waals surface area (Å²) in [5.74, 6) is -1.79. The normalized spacial score (nSPS) is 21.9. The maximum atomic E-state index is 12.5. The van der Waals surface area contributed by atoms with E-state index >= 15 is 0 Å². The highest BCUT2D eigenvalue weighted by molar-refractivity contribution is 7.09. The van der Waals surface area contributed by atoms with Crippen molar-refractivity contribution in [3.63, 3.8) is 0 Å². The van der Waals surface area contributed by atoms with Crippen molar-refractivity contribution in [1.29, 1.82) is 0 Å². The summed E-state index contributed by atoms with van der Waals surface area (Å²) in [6, 6.07) is -0.415. The number of aliphatic carboxylic acids is 1. The zero-order valence-electron chi connectivity index (χ0n) is 11.5. The van der Waals surface area contributed by atoms with Crippen LogP contribution in [0.4, 0.5) is 0 Å². The molecule has 0 saturated carbocycles. The molecular weight excluding hydrogens is 280 g/mol. The molecule has 20 heavy (non-hydrogen) atoms. The lowest BCUT2D eigenvalue weighted by Gasteiger charge is -2.29. The molecule has 6 nitrogen and oxygen atoms in total. The van der Waals surface area contributed by atoms with E-state index in [0.717, 1.165) is 11.4 Å². The maximum absolute atomic E-state index is 12.5. The van der Waals surface area contributed by atoms with Gasteiger partial charge in [-0.25, -0.2) is 4.98 Å². The molecule has 1 saturated heterocycles. The third-order valence-corrected chi connectivity index (χ3v) is 4.11. The van der Waals surface area contributed by atoms with Crippen molar-refractivity contribution in [1.82, 2.24) is 9.88 Å². The fourth-order valence-electron chi connectivity index (χ4n) is 2.35. The Bertz CT molecular complexity index is 502. The third kappa shape index (κ3) is 2.99. The lowest BCUT2D eigenvalue weighted by molar-refractivity contribution is -0.142. The highest BCUT2D eigenvalue weighted by Gasteiger charge is 2.40. The summed E-state index contributed by atoms with van der Waals surface area (Å²) in [7, 11) is 0. The lowest BCUT2D eigenvalue weighted by Crippen LogP contribution is -2.47. The van der Waals surface area contributed by atoms with Crippen LogP contribution in [0.15, 0.2) is 5.38 Å². The van der Waals surface area contributed by atoms with E-state index in [1.807, 2.05) is 13.8 Å². The molecule has 0 bridgehead atoms. The van der Waals surface area contributed by atoms with E-state index in [0.29, 0.717) is 12.2 Å². The largest absolute Gasteiger partial charge is 0.481 e. The number of carboxylic acids is 1. The molecule has 1 aromatic rings. The first-order valence-electron chi connectivity index (χ1n) is 6.58. The minimum absolute atomic E-state index is 0.156. The fraction of sp³-hybridized carbons (Fsp3) is 0.615. The SMILES string of the molecule is CCCN(C(=O)c1csc(C)n1)C1COCC1C(=O)O. The summed E-state index contributed by atoms with van der Waals surface area (Å²) in [5.41, 5.74) is 0.386. The van der Waals surface area contributed by atoms with E-state index in [-0.39, 0.29) is 19.1 Å². The lowest BCUT2D eigenvalue weighted by atomic mass is 10.0. The van der Waals surface area contributed by atoms with Gasteiger partial charge in [0.1, 0.15) is 11.6 Å². The Morgan fingerprint density at radius 1 is 1.55 bits per heavy atom. The van der Waals surface area contributed by atoms with Crippen LogP contribution in [0.25, 0.3) is 0 Å². The molecule has 2 rings (SSSR count). The number of nitrogens with zero attached hydrogens (tertiary/aromatic N) is 2. The standard InChI is InChI=1S/C13H18N2O4S/c1-3-4-15(11-6-19-5-9(11)13(17)18)12(16)10-7-20-8(2)14-10/h7,9,11H,3-6H2,1-2H3,(H,17,18). The Kier molecular flexibility index (Phi) is 4.72. The molecule has 1 amide bonds. The second-order valence-electron chi connectivity index (χ2n) is 4.80. The zero-order chi connectivity index (χ0) is 14.7. The van der Waals surface area contributed by atoms with Gasteiger partial charge in [-0.05, 0) is 13.3 Å². The van der Waals surface area contributed by atoms with Crippen LogP contribution < -0.4 is 0 Å². The number of hydrogen-bond donors (Lipinski definition) is 1. The number of thiazole rings is 1. The molecule has 0 aromatic carbocycles. The van der Waals surface area contributed by atoms with Crippen LogP contribution in [0.2, 0.25) is 0 Å². The van der Waals surface area contributed by atoms with Crippen LogP contribution >= 0.6 is 11.3 Å². The number of amides is 1. The molecule has 1 N–H and O–H groups in total. The first-order chi connectivity index (χ1) is 9.54. The van der Waals surface area contributed by atoms with E-state index < -0.39 is 17.9 Å². The van der Waals surface area contributed by atoms with E-state index in [4.69, 9.17) is 4.74 Å². The number of carbonyl (C=O) groups is 2. The van der Waals surface area contributed by atoms with Gasteiger partial charge in [0.2, 0.25) is 0 Å². The number of aryl methyl sites for hydroxylation is 1. The van der Waals surface area contributed by atoms with Gasteiger partial charge in [-0.15, -0.1) is 11.3 Å². The first-order valence-corrected chi connectivity index (χ1v) is 7.46. The van der Waals surface area contributed by atoms with Crippen LogP contribution in [-0.4, -0.2) is 52.7 Å². The molecule has 1 aromatic heterocycles. The molecule has 1 fully saturated rings. The van der Waals surface area contributed by atoms with E-state index in [1.54, 1.807) is 10.3 Å². The van der Waals surface area contributed by atoms with E-state index in [9.17, 15) is 14.7 Å². The summed E-state index contributed by atoms with van der Waals surface area (Å²) in [6.07, 6.45) is 0.762. The molecule has 2 heterocycles. The van der Waals surface area contributed by atoms with Gasteiger partial charge in [0.15, 0.2) is 0 Å². The molecule has 1 aliphatic heterocycles. The summed E-state index contributed by atoms with van der Waals surface area (Å²) in [5, 5.41) is 11.8. The summed E-state index contributed by atoms with van der Waals surface area (Å²) < 4.78 is 5.26. The zero-order valence-corrected chi connectivity index (χ0v) is 12.4. The van der Waals surface area contributed by atoms with Crippen LogP contribution in [0.3, 0.4) is 0 Å². The number of aromatic nitrogens is 1. The number of hydrogen-bond acceptors (Lipinski definition) is 5. The number of carboxylic acid groups (broad SMARTS) is 1. The van der Waals surface area contributed by atoms with Gasteiger partial charge < -0.3 is 14.7 Å². The van der Waals surface area contributed by atoms with E-state index in [2.05, 4.69) is 4.98 Å². The van der Waals surface area contributed by atoms with Gasteiger partial charge in [0, 0.05) is 11.9 Å². The predicted octanol–water partition coefficient (Wildman–Crippen LogP) is 1.40.